The Morgan fingerprint density at radius 1 is 1.22 bits per heavy atom. The number of nitrogens with one attached hydrogen (secondary N) is 1. The van der Waals surface area contributed by atoms with Crippen molar-refractivity contribution in [2.24, 2.45) is 0 Å². The van der Waals surface area contributed by atoms with E-state index < -0.39 is 0 Å². The minimum absolute atomic E-state index is 0.103. The van der Waals surface area contributed by atoms with Crippen LogP contribution in [-0.2, 0) is 0 Å². The van der Waals surface area contributed by atoms with Crippen molar-refractivity contribution in [2.75, 3.05) is 24.5 Å². The zero-order chi connectivity index (χ0) is 19.9. The van der Waals surface area contributed by atoms with Crippen LogP contribution in [0.15, 0.2) is 31.4 Å². The van der Waals surface area contributed by atoms with Gasteiger partial charge in [0.05, 0.1) is 0 Å². The predicted octanol–water partition coefficient (Wildman–Crippen LogP) is 4.08. The monoisotopic (exact) mass is 370 g/mol. The van der Waals surface area contributed by atoms with Crippen molar-refractivity contribution < 1.29 is 0 Å². The van der Waals surface area contributed by atoms with Crippen molar-refractivity contribution in [3.63, 3.8) is 0 Å². The number of rotatable bonds is 10. The summed E-state index contributed by atoms with van der Waals surface area (Å²) < 4.78 is 1.92. The molecule has 1 N–H and O–H groups in total. The Morgan fingerprint density at radius 2 is 2.00 bits per heavy atom. The van der Waals surface area contributed by atoms with Crippen LogP contribution in [0.5, 0.6) is 0 Å². The molecule has 0 fully saturated rings. The van der Waals surface area contributed by atoms with Gasteiger partial charge in [-0.15, -0.1) is 0 Å². The fraction of sp³-hybridized carbons (Fsp3) is 0.571. The summed E-state index contributed by atoms with van der Waals surface area (Å²) in [6.07, 6.45) is 8.54. The van der Waals surface area contributed by atoms with Gasteiger partial charge >= 0.3 is 0 Å². The highest BCUT2D eigenvalue weighted by atomic mass is 15.2. The summed E-state index contributed by atoms with van der Waals surface area (Å²) in [6, 6.07) is 2.04. The summed E-state index contributed by atoms with van der Waals surface area (Å²) >= 11 is 0. The largest absolute Gasteiger partial charge is 0.355 e. The first-order chi connectivity index (χ1) is 12.8. The maximum Gasteiger partial charge on any atom is 0.159 e. The second kappa shape index (κ2) is 9.65. The normalized spacial score (nSPS) is 11.6. The third-order valence-corrected chi connectivity index (χ3v) is 4.35. The minimum Gasteiger partial charge on any atom is -0.355 e. The van der Waals surface area contributed by atoms with Gasteiger partial charge in [0.1, 0.15) is 18.0 Å². The van der Waals surface area contributed by atoms with Crippen LogP contribution in [0.4, 0.5) is 5.82 Å². The molecule has 6 nitrogen and oxygen atoms in total. The third-order valence-electron chi connectivity index (χ3n) is 4.35. The number of imidazole rings is 1. The summed E-state index contributed by atoms with van der Waals surface area (Å²) in [6.45, 7) is 17.8. The lowest BCUT2D eigenvalue weighted by Crippen LogP contribution is -2.42. The first-order valence-corrected chi connectivity index (χ1v) is 9.89. The SMILES string of the molecule is C=C(CC)c1nc(N(CCCC)CCNC(C)(C)C)cc(-n2ccnc2)n1. The standard InChI is InChI=1S/C21H34N6/c1-7-9-12-26(14-11-23-21(4,5)6)18-15-19(27-13-10-22-16-27)25-20(24-18)17(3)8-2/h10,13,15-16,23H,3,7-9,11-12,14H2,1-2,4-6H3. The van der Waals surface area contributed by atoms with E-state index in [1.165, 1.54) is 0 Å². The summed E-state index contributed by atoms with van der Waals surface area (Å²) in [5.41, 5.74) is 1.05. The lowest BCUT2D eigenvalue weighted by atomic mass is 10.1. The maximum atomic E-state index is 4.84. The van der Waals surface area contributed by atoms with Crippen LogP contribution in [0.25, 0.3) is 11.4 Å². The van der Waals surface area contributed by atoms with Gasteiger partial charge in [-0.05, 0) is 39.2 Å². The van der Waals surface area contributed by atoms with Crippen molar-refractivity contribution in [2.45, 2.75) is 59.4 Å². The Hall–Kier alpha value is -2.21. The quantitative estimate of drug-likeness (QED) is 0.683. The molecule has 2 aromatic heterocycles. The van der Waals surface area contributed by atoms with Gasteiger partial charge in [0.2, 0.25) is 0 Å². The molecule has 148 valence electrons. The fourth-order valence-electron chi connectivity index (χ4n) is 2.68. The van der Waals surface area contributed by atoms with Crippen LogP contribution in [-0.4, -0.2) is 44.7 Å². The molecule has 0 aliphatic carbocycles. The van der Waals surface area contributed by atoms with E-state index in [1.807, 2.05) is 16.8 Å². The van der Waals surface area contributed by atoms with Crippen molar-refractivity contribution >= 4 is 11.4 Å². The summed E-state index contributed by atoms with van der Waals surface area (Å²) in [7, 11) is 0. The number of hydrogen-bond donors (Lipinski definition) is 1. The minimum atomic E-state index is 0.103. The van der Waals surface area contributed by atoms with E-state index in [0.29, 0.717) is 5.82 Å². The molecule has 0 saturated carbocycles. The number of nitrogens with zero attached hydrogens (tertiary/aromatic N) is 5. The van der Waals surface area contributed by atoms with E-state index in [2.05, 4.69) is 56.4 Å². The van der Waals surface area contributed by atoms with Crippen LogP contribution in [0, 0.1) is 0 Å². The van der Waals surface area contributed by atoms with E-state index >= 15 is 0 Å². The van der Waals surface area contributed by atoms with E-state index in [1.54, 1.807) is 12.5 Å². The molecule has 27 heavy (non-hydrogen) atoms. The van der Waals surface area contributed by atoms with Crippen LogP contribution in [0.3, 0.4) is 0 Å². The van der Waals surface area contributed by atoms with Crippen LogP contribution >= 0.6 is 0 Å². The van der Waals surface area contributed by atoms with Gasteiger partial charge in [0, 0.05) is 43.6 Å². The van der Waals surface area contributed by atoms with Crippen LogP contribution < -0.4 is 10.2 Å². The summed E-state index contributed by atoms with van der Waals surface area (Å²) in [4.78, 5) is 16.0. The van der Waals surface area contributed by atoms with Gasteiger partial charge < -0.3 is 10.2 Å². The van der Waals surface area contributed by atoms with Crippen molar-refractivity contribution in [3.8, 4) is 5.82 Å². The van der Waals surface area contributed by atoms with Crippen molar-refractivity contribution in [1.82, 2.24) is 24.8 Å². The number of anilines is 1. The molecular weight excluding hydrogens is 336 g/mol. The second-order valence-electron chi connectivity index (χ2n) is 7.85. The number of aromatic nitrogens is 4. The van der Waals surface area contributed by atoms with Gasteiger partial charge in [-0.2, -0.15) is 0 Å². The Labute approximate surface area is 163 Å². The molecule has 6 heteroatoms. The van der Waals surface area contributed by atoms with Gasteiger partial charge in [-0.25, -0.2) is 15.0 Å². The van der Waals surface area contributed by atoms with E-state index in [0.717, 1.165) is 56.1 Å². The number of allylic oxidation sites excluding steroid dienone is 1. The Bertz CT molecular complexity index is 715. The molecule has 0 saturated heterocycles. The van der Waals surface area contributed by atoms with Crippen LogP contribution in [0.2, 0.25) is 0 Å². The van der Waals surface area contributed by atoms with E-state index in [4.69, 9.17) is 9.97 Å². The predicted molar refractivity (Wildman–Crippen MR) is 113 cm³/mol. The third kappa shape index (κ3) is 6.47. The van der Waals surface area contributed by atoms with Crippen LogP contribution in [0.1, 0.15) is 59.7 Å². The molecule has 2 rings (SSSR count). The van der Waals surface area contributed by atoms with Gasteiger partial charge in [-0.1, -0.05) is 26.8 Å². The van der Waals surface area contributed by atoms with Crippen molar-refractivity contribution in [3.05, 3.63) is 37.2 Å². The Balaban J connectivity index is 2.33. The zero-order valence-electron chi connectivity index (χ0n) is 17.5. The topological polar surface area (TPSA) is 58.9 Å². The second-order valence-corrected chi connectivity index (χ2v) is 7.85. The fourth-order valence-corrected chi connectivity index (χ4v) is 2.68. The average Bonchev–Trinajstić information content (AvgIpc) is 3.17. The smallest absolute Gasteiger partial charge is 0.159 e. The molecule has 0 unspecified atom stereocenters. The molecule has 0 atom stereocenters. The molecule has 0 aliphatic rings. The molecule has 2 heterocycles. The molecular formula is C21H34N6. The molecule has 0 amide bonds. The average molecular weight is 371 g/mol. The van der Waals surface area contributed by atoms with Gasteiger partial charge in [0.15, 0.2) is 5.82 Å². The first-order valence-electron chi connectivity index (χ1n) is 9.89. The lowest BCUT2D eigenvalue weighted by Gasteiger charge is -2.27. The highest BCUT2D eigenvalue weighted by Gasteiger charge is 2.15. The number of unbranched alkanes of at least 4 members (excludes halogenated alkanes) is 1. The molecule has 0 bridgehead atoms. The summed E-state index contributed by atoms with van der Waals surface area (Å²) in [5.74, 6) is 2.49. The van der Waals surface area contributed by atoms with Gasteiger partial charge in [0.25, 0.3) is 0 Å². The lowest BCUT2D eigenvalue weighted by molar-refractivity contribution is 0.428. The van der Waals surface area contributed by atoms with E-state index in [9.17, 15) is 0 Å². The Kier molecular flexibility index (Phi) is 7.54. The molecule has 0 radical (unpaired) electrons. The Morgan fingerprint density at radius 3 is 2.59 bits per heavy atom. The van der Waals surface area contributed by atoms with E-state index in [-0.39, 0.29) is 5.54 Å². The molecule has 2 aromatic rings. The molecule has 0 aromatic carbocycles. The van der Waals surface area contributed by atoms with Crippen molar-refractivity contribution in [1.29, 1.82) is 0 Å². The highest BCUT2D eigenvalue weighted by Crippen LogP contribution is 2.20. The van der Waals surface area contributed by atoms with Gasteiger partial charge in [-0.3, -0.25) is 4.57 Å². The first kappa shape index (κ1) is 21.1. The maximum absolute atomic E-state index is 4.84. The molecule has 0 spiro atoms. The highest BCUT2D eigenvalue weighted by molar-refractivity contribution is 5.60. The molecule has 0 aliphatic heterocycles. The zero-order valence-corrected chi connectivity index (χ0v) is 17.5. The summed E-state index contributed by atoms with van der Waals surface area (Å²) in [5, 5.41) is 3.57. The number of hydrogen-bond acceptors (Lipinski definition) is 5.